The number of oxazole rings is 1. The maximum Gasteiger partial charge on any atom is 0.420 e. The fourth-order valence-electron chi connectivity index (χ4n) is 4.02. The Bertz CT molecular complexity index is 1150. The van der Waals surface area contributed by atoms with Gasteiger partial charge in [0.05, 0.1) is 12.6 Å². The van der Waals surface area contributed by atoms with E-state index in [0.29, 0.717) is 56.5 Å². The molecule has 168 valence electrons. The number of rotatable bonds is 6. The lowest BCUT2D eigenvalue weighted by Gasteiger charge is -2.22. The molecule has 0 radical (unpaired) electrons. The zero-order chi connectivity index (χ0) is 22.5. The minimum Gasteiger partial charge on any atom is -0.497 e. The Morgan fingerprint density at radius 1 is 0.938 bits per heavy atom. The monoisotopic (exact) mass is 437 g/mol. The van der Waals surface area contributed by atoms with Gasteiger partial charge in [-0.1, -0.05) is 24.3 Å². The molecule has 4 rings (SSSR count). The molecule has 8 nitrogen and oxygen atoms in total. The van der Waals surface area contributed by atoms with E-state index < -0.39 is 5.76 Å². The third-order valence-corrected chi connectivity index (χ3v) is 5.85. The summed E-state index contributed by atoms with van der Waals surface area (Å²) >= 11 is 0. The van der Waals surface area contributed by atoms with E-state index in [1.807, 2.05) is 29.2 Å². The summed E-state index contributed by atoms with van der Waals surface area (Å²) in [5.41, 5.74) is 2.16. The van der Waals surface area contributed by atoms with Crippen molar-refractivity contribution in [2.24, 2.45) is 0 Å². The lowest BCUT2D eigenvalue weighted by molar-refractivity contribution is -0.133. The van der Waals surface area contributed by atoms with E-state index in [9.17, 15) is 14.4 Å². The number of aromatic nitrogens is 1. The number of hydrogen-bond donors (Lipinski definition) is 0. The fraction of sp³-hybridized carbons (Fsp3) is 0.375. The molecule has 2 amide bonds. The summed E-state index contributed by atoms with van der Waals surface area (Å²) in [6, 6.07) is 14.8. The molecule has 0 N–H and O–H groups in total. The van der Waals surface area contributed by atoms with Gasteiger partial charge >= 0.3 is 5.76 Å². The molecule has 1 saturated heterocycles. The molecule has 0 bridgehead atoms. The maximum atomic E-state index is 12.9. The predicted octanol–water partition coefficient (Wildman–Crippen LogP) is 2.30. The van der Waals surface area contributed by atoms with Crippen LogP contribution < -0.4 is 10.5 Å². The Morgan fingerprint density at radius 2 is 1.62 bits per heavy atom. The Hall–Kier alpha value is -3.55. The van der Waals surface area contributed by atoms with Crippen molar-refractivity contribution in [2.75, 3.05) is 33.3 Å². The molecule has 2 aromatic carbocycles. The second-order valence-electron chi connectivity index (χ2n) is 7.89. The number of carbonyl (C=O) groups is 2. The quantitative estimate of drug-likeness (QED) is 0.591. The average Bonchev–Trinajstić information content (AvgIpc) is 2.98. The Morgan fingerprint density at radius 3 is 2.34 bits per heavy atom. The van der Waals surface area contributed by atoms with E-state index in [1.54, 1.807) is 36.3 Å². The molecule has 1 aliphatic heterocycles. The van der Waals surface area contributed by atoms with Gasteiger partial charge in [0.15, 0.2) is 5.58 Å². The van der Waals surface area contributed by atoms with Gasteiger partial charge in [-0.3, -0.25) is 14.2 Å². The number of amides is 2. The Labute approximate surface area is 186 Å². The van der Waals surface area contributed by atoms with Crippen LogP contribution in [0.4, 0.5) is 0 Å². The van der Waals surface area contributed by atoms with Crippen LogP contribution in [0.5, 0.6) is 5.75 Å². The fourth-order valence-corrected chi connectivity index (χ4v) is 4.02. The summed E-state index contributed by atoms with van der Waals surface area (Å²) in [6.45, 7) is 2.07. The van der Waals surface area contributed by atoms with Crippen LogP contribution in [-0.2, 0) is 22.6 Å². The smallest absolute Gasteiger partial charge is 0.420 e. The van der Waals surface area contributed by atoms with Crippen LogP contribution in [0.15, 0.2) is 57.7 Å². The van der Waals surface area contributed by atoms with Crippen LogP contribution in [0.25, 0.3) is 11.1 Å². The van der Waals surface area contributed by atoms with E-state index in [1.165, 1.54) is 4.57 Å². The van der Waals surface area contributed by atoms with E-state index in [4.69, 9.17) is 9.15 Å². The third-order valence-electron chi connectivity index (χ3n) is 5.85. The van der Waals surface area contributed by atoms with Crippen LogP contribution in [0.2, 0.25) is 0 Å². The molecule has 0 saturated carbocycles. The summed E-state index contributed by atoms with van der Waals surface area (Å²) in [5.74, 6) is 0.200. The van der Waals surface area contributed by atoms with Crippen molar-refractivity contribution in [3.8, 4) is 5.75 Å². The first-order chi connectivity index (χ1) is 15.5. The number of fused-ring (bicyclic) bond motifs is 1. The first-order valence-corrected chi connectivity index (χ1v) is 10.8. The topological polar surface area (TPSA) is 85.0 Å². The van der Waals surface area contributed by atoms with Gasteiger partial charge in [-0.15, -0.1) is 0 Å². The molecule has 1 fully saturated rings. The van der Waals surface area contributed by atoms with Crippen molar-refractivity contribution in [1.29, 1.82) is 0 Å². The number of carbonyl (C=O) groups excluding carboxylic acids is 2. The number of aryl methyl sites for hydroxylation is 1. The van der Waals surface area contributed by atoms with Gasteiger partial charge in [0.25, 0.3) is 0 Å². The van der Waals surface area contributed by atoms with E-state index in [0.717, 1.165) is 11.3 Å². The lowest BCUT2D eigenvalue weighted by atomic mass is 10.1. The zero-order valence-corrected chi connectivity index (χ0v) is 18.2. The van der Waals surface area contributed by atoms with E-state index >= 15 is 0 Å². The van der Waals surface area contributed by atoms with Gasteiger partial charge in [0.1, 0.15) is 12.3 Å². The van der Waals surface area contributed by atoms with Crippen LogP contribution in [0.3, 0.4) is 0 Å². The van der Waals surface area contributed by atoms with Gasteiger partial charge in [-0.25, -0.2) is 4.79 Å². The van der Waals surface area contributed by atoms with Crippen molar-refractivity contribution in [2.45, 2.75) is 25.8 Å². The van der Waals surface area contributed by atoms with E-state index in [2.05, 4.69) is 0 Å². The summed E-state index contributed by atoms with van der Waals surface area (Å²) in [4.78, 5) is 41.3. The molecule has 2 heterocycles. The zero-order valence-electron chi connectivity index (χ0n) is 18.2. The van der Waals surface area contributed by atoms with Crippen molar-refractivity contribution >= 4 is 22.9 Å². The number of ether oxygens (including phenoxy) is 1. The molecular formula is C24H27N3O5. The number of hydrogen-bond acceptors (Lipinski definition) is 5. The molecule has 0 aliphatic carbocycles. The van der Waals surface area contributed by atoms with Crippen LogP contribution in [0.1, 0.15) is 18.4 Å². The van der Waals surface area contributed by atoms with E-state index in [-0.39, 0.29) is 18.4 Å². The number of benzene rings is 2. The number of para-hydroxylation sites is 2. The average molecular weight is 437 g/mol. The summed E-state index contributed by atoms with van der Waals surface area (Å²) in [5, 5.41) is 0. The van der Waals surface area contributed by atoms with Gasteiger partial charge in [-0.2, -0.15) is 0 Å². The Balaban J connectivity index is 1.32. The highest BCUT2D eigenvalue weighted by molar-refractivity contribution is 5.80. The number of methoxy groups -OCH3 is 1. The normalized spacial score (nSPS) is 14.4. The second kappa shape index (κ2) is 9.72. The molecule has 0 spiro atoms. The first-order valence-electron chi connectivity index (χ1n) is 10.8. The largest absolute Gasteiger partial charge is 0.497 e. The number of nitrogens with zero attached hydrogens (tertiary/aromatic N) is 3. The Kier molecular flexibility index (Phi) is 6.58. The molecule has 32 heavy (non-hydrogen) atoms. The highest BCUT2D eigenvalue weighted by atomic mass is 16.5. The van der Waals surface area contributed by atoms with Crippen molar-refractivity contribution in [3.63, 3.8) is 0 Å². The highest BCUT2D eigenvalue weighted by Gasteiger charge is 2.23. The molecular weight excluding hydrogens is 410 g/mol. The molecule has 1 aliphatic rings. The molecule has 3 aromatic rings. The van der Waals surface area contributed by atoms with Crippen molar-refractivity contribution in [1.82, 2.24) is 14.4 Å². The maximum absolute atomic E-state index is 12.9. The minimum absolute atomic E-state index is 0.0682. The van der Waals surface area contributed by atoms with Crippen molar-refractivity contribution in [3.05, 3.63) is 64.6 Å². The van der Waals surface area contributed by atoms with Crippen LogP contribution in [0, 0.1) is 0 Å². The van der Waals surface area contributed by atoms with Crippen LogP contribution >= 0.6 is 0 Å². The first kappa shape index (κ1) is 21.7. The van der Waals surface area contributed by atoms with Gasteiger partial charge in [0.2, 0.25) is 11.8 Å². The lowest BCUT2D eigenvalue weighted by Crippen LogP contribution is -2.39. The second-order valence-corrected chi connectivity index (χ2v) is 7.89. The van der Waals surface area contributed by atoms with Crippen LogP contribution in [-0.4, -0.2) is 59.5 Å². The molecule has 1 aromatic heterocycles. The highest BCUT2D eigenvalue weighted by Crippen LogP contribution is 2.15. The van der Waals surface area contributed by atoms with Gasteiger partial charge in [0, 0.05) is 32.6 Å². The van der Waals surface area contributed by atoms with Gasteiger partial charge < -0.3 is 19.0 Å². The molecule has 0 atom stereocenters. The summed E-state index contributed by atoms with van der Waals surface area (Å²) in [6.07, 6.45) is 1.80. The summed E-state index contributed by atoms with van der Waals surface area (Å²) in [7, 11) is 1.63. The predicted molar refractivity (Wildman–Crippen MR) is 120 cm³/mol. The van der Waals surface area contributed by atoms with Crippen molar-refractivity contribution < 1.29 is 18.7 Å². The SMILES string of the molecule is COc1ccc(CCC(=O)N2CCCN(C(=O)Cn3c(=O)oc4ccccc43)CC2)cc1. The summed E-state index contributed by atoms with van der Waals surface area (Å²) < 4.78 is 11.7. The molecule has 8 heteroatoms. The standard InChI is InChI=1S/C24H27N3O5/c1-31-19-10-7-18(8-11-19)9-12-22(28)25-13-4-14-26(16-15-25)23(29)17-27-20-5-2-3-6-21(20)32-24(27)30/h2-3,5-8,10-11H,4,9,12-17H2,1H3. The third kappa shape index (κ3) is 4.85. The van der Waals surface area contributed by atoms with Gasteiger partial charge in [-0.05, 0) is 42.7 Å². The minimum atomic E-state index is -0.537. The molecule has 0 unspecified atom stereocenters.